The maximum atomic E-state index is 12.6. The lowest BCUT2D eigenvalue weighted by Gasteiger charge is -2.38. The first-order chi connectivity index (χ1) is 7.67. The van der Waals surface area contributed by atoms with Crippen LogP contribution in [0.4, 0.5) is 0 Å². The molecule has 2 fully saturated rings. The Morgan fingerprint density at radius 3 is 3.00 bits per heavy atom. The third kappa shape index (κ3) is 2.24. The van der Waals surface area contributed by atoms with E-state index >= 15 is 0 Å². The maximum Gasteiger partial charge on any atom is 0.238 e. The summed E-state index contributed by atoms with van der Waals surface area (Å²) in [5.41, 5.74) is 0. The fraction of sp³-hybridized carbons (Fsp3) is 0.923. The smallest absolute Gasteiger partial charge is 0.238 e. The van der Waals surface area contributed by atoms with Gasteiger partial charge in [-0.1, -0.05) is 13.3 Å². The number of rotatable bonds is 2. The molecule has 0 bridgehead atoms. The molecule has 0 saturated carbocycles. The normalized spacial score (nSPS) is 35.8. The van der Waals surface area contributed by atoms with Crippen LogP contribution >= 0.6 is 11.8 Å². The molecular weight excluding hydrogens is 218 g/mol. The highest BCUT2D eigenvalue weighted by atomic mass is 32.2. The zero-order chi connectivity index (χ0) is 11.6. The van der Waals surface area contributed by atoms with Crippen molar-refractivity contribution in [2.45, 2.75) is 63.2 Å². The van der Waals surface area contributed by atoms with Crippen molar-refractivity contribution in [1.82, 2.24) is 4.90 Å². The topological polar surface area (TPSA) is 20.3 Å². The van der Waals surface area contributed by atoms with Crippen molar-refractivity contribution in [3.05, 3.63) is 0 Å². The Kier molecular flexibility index (Phi) is 3.83. The molecule has 2 atom stereocenters. The highest BCUT2D eigenvalue weighted by Crippen LogP contribution is 2.38. The van der Waals surface area contributed by atoms with E-state index in [1.54, 1.807) is 0 Å². The Hall–Kier alpha value is -0.180. The van der Waals surface area contributed by atoms with Crippen LogP contribution in [0.1, 0.15) is 52.4 Å². The van der Waals surface area contributed by atoms with Crippen molar-refractivity contribution >= 4 is 17.7 Å². The van der Waals surface area contributed by atoms with E-state index in [1.807, 2.05) is 11.8 Å². The number of thioether (sulfide) groups is 1. The van der Waals surface area contributed by atoms with Crippen LogP contribution in [0.3, 0.4) is 0 Å². The van der Waals surface area contributed by atoms with Crippen LogP contribution in [0, 0.1) is 0 Å². The van der Waals surface area contributed by atoms with Crippen LogP contribution in [0.25, 0.3) is 0 Å². The van der Waals surface area contributed by atoms with Crippen molar-refractivity contribution in [3.8, 4) is 0 Å². The van der Waals surface area contributed by atoms with Crippen LogP contribution in [0.5, 0.6) is 0 Å². The van der Waals surface area contributed by atoms with Gasteiger partial charge in [0, 0.05) is 12.6 Å². The van der Waals surface area contributed by atoms with Gasteiger partial charge in [-0.2, -0.15) is 0 Å². The minimum atomic E-state index is -0.138. The predicted octanol–water partition coefficient (Wildman–Crippen LogP) is 3.06. The SMILES string of the molecule is CCC[C@@]1(C)SCC[C@@H]2CCCCN2C1=O. The molecule has 0 aliphatic carbocycles. The molecule has 1 amide bonds. The fourth-order valence-electron chi connectivity index (χ4n) is 3.01. The van der Waals surface area contributed by atoms with Gasteiger partial charge in [-0.05, 0) is 44.8 Å². The van der Waals surface area contributed by atoms with Gasteiger partial charge in [-0.3, -0.25) is 4.79 Å². The van der Waals surface area contributed by atoms with Crippen LogP contribution in [-0.4, -0.2) is 33.9 Å². The van der Waals surface area contributed by atoms with Crippen LogP contribution in [0.15, 0.2) is 0 Å². The Labute approximate surface area is 103 Å². The summed E-state index contributed by atoms with van der Waals surface area (Å²) < 4.78 is -0.138. The molecule has 0 radical (unpaired) electrons. The summed E-state index contributed by atoms with van der Waals surface area (Å²) in [5, 5.41) is 0. The second-order valence-corrected chi connectivity index (χ2v) is 6.86. The van der Waals surface area contributed by atoms with E-state index in [1.165, 1.54) is 25.7 Å². The second kappa shape index (κ2) is 4.99. The average Bonchev–Trinajstić information content (AvgIpc) is 2.40. The Balaban J connectivity index is 2.16. The van der Waals surface area contributed by atoms with E-state index in [4.69, 9.17) is 0 Å². The Bertz CT molecular complexity index is 269. The standard InChI is InChI=1S/C13H23NOS/c1-3-8-13(2)12(15)14-9-5-4-6-11(14)7-10-16-13/h11H,3-10H2,1-2H3/t11-,13+/m0/s1. The summed E-state index contributed by atoms with van der Waals surface area (Å²) in [7, 11) is 0. The van der Waals surface area contributed by atoms with E-state index in [9.17, 15) is 4.79 Å². The fourth-order valence-corrected chi connectivity index (χ4v) is 4.44. The lowest BCUT2D eigenvalue weighted by Crippen LogP contribution is -2.49. The molecule has 2 rings (SSSR count). The molecule has 0 N–H and O–H groups in total. The monoisotopic (exact) mass is 241 g/mol. The number of fused-ring (bicyclic) bond motifs is 1. The minimum Gasteiger partial charge on any atom is -0.338 e. The summed E-state index contributed by atoms with van der Waals surface area (Å²) in [6.45, 7) is 5.33. The molecule has 0 spiro atoms. The third-order valence-corrected chi connectivity index (χ3v) is 5.39. The lowest BCUT2D eigenvalue weighted by atomic mass is 9.96. The maximum absolute atomic E-state index is 12.6. The third-order valence-electron chi connectivity index (χ3n) is 3.94. The second-order valence-electron chi connectivity index (χ2n) is 5.27. The highest BCUT2D eigenvalue weighted by molar-refractivity contribution is 8.01. The first-order valence-corrected chi connectivity index (χ1v) is 7.61. The molecule has 0 aromatic carbocycles. The van der Waals surface area contributed by atoms with Crippen LogP contribution in [0.2, 0.25) is 0 Å². The number of carbonyl (C=O) groups is 1. The van der Waals surface area contributed by atoms with Gasteiger partial charge in [0.15, 0.2) is 0 Å². The van der Waals surface area contributed by atoms with Crippen LogP contribution < -0.4 is 0 Å². The molecule has 2 aliphatic heterocycles. The first kappa shape index (κ1) is 12.3. The van der Waals surface area contributed by atoms with E-state index in [0.717, 1.165) is 25.1 Å². The average molecular weight is 241 g/mol. The molecule has 3 heteroatoms. The van der Waals surface area contributed by atoms with Gasteiger partial charge >= 0.3 is 0 Å². The predicted molar refractivity (Wildman–Crippen MR) is 69.7 cm³/mol. The van der Waals surface area contributed by atoms with Gasteiger partial charge in [0.05, 0.1) is 4.75 Å². The number of amides is 1. The zero-order valence-corrected chi connectivity index (χ0v) is 11.3. The largest absolute Gasteiger partial charge is 0.338 e. The van der Waals surface area contributed by atoms with Gasteiger partial charge in [0.1, 0.15) is 0 Å². The Morgan fingerprint density at radius 2 is 2.25 bits per heavy atom. The molecule has 2 heterocycles. The number of hydrogen-bond acceptors (Lipinski definition) is 2. The first-order valence-electron chi connectivity index (χ1n) is 6.62. The van der Waals surface area contributed by atoms with E-state index in [2.05, 4.69) is 18.7 Å². The quantitative estimate of drug-likeness (QED) is 0.740. The molecule has 2 aliphatic rings. The van der Waals surface area contributed by atoms with E-state index < -0.39 is 0 Å². The minimum absolute atomic E-state index is 0.138. The molecule has 0 unspecified atom stereocenters. The molecular formula is C13H23NOS. The van der Waals surface area contributed by atoms with Gasteiger partial charge in [0.25, 0.3) is 0 Å². The molecule has 2 saturated heterocycles. The molecule has 2 nitrogen and oxygen atoms in total. The summed E-state index contributed by atoms with van der Waals surface area (Å²) in [4.78, 5) is 14.8. The van der Waals surface area contributed by atoms with Crippen molar-refractivity contribution in [2.24, 2.45) is 0 Å². The van der Waals surface area contributed by atoms with Crippen molar-refractivity contribution in [3.63, 3.8) is 0 Å². The summed E-state index contributed by atoms with van der Waals surface area (Å²) in [6.07, 6.45) is 7.08. The molecule has 92 valence electrons. The van der Waals surface area contributed by atoms with Crippen molar-refractivity contribution in [2.75, 3.05) is 12.3 Å². The highest BCUT2D eigenvalue weighted by Gasteiger charge is 2.41. The summed E-state index contributed by atoms with van der Waals surface area (Å²) in [5.74, 6) is 1.57. The van der Waals surface area contributed by atoms with Gasteiger partial charge in [0.2, 0.25) is 5.91 Å². The Morgan fingerprint density at radius 1 is 1.44 bits per heavy atom. The lowest BCUT2D eigenvalue weighted by molar-refractivity contribution is -0.137. The van der Waals surface area contributed by atoms with Crippen molar-refractivity contribution < 1.29 is 4.79 Å². The summed E-state index contributed by atoms with van der Waals surface area (Å²) >= 11 is 1.89. The van der Waals surface area contributed by atoms with Crippen LogP contribution in [-0.2, 0) is 4.79 Å². The van der Waals surface area contributed by atoms with Crippen molar-refractivity contribution in [1.29, 1.82) is 0 Å². The number of carbonyl (C=O) groups excluding carboxylic acids is 1. The van der Waals surface area contributed by atoms with E-state index in [-0.39, 0.29) is 4.75 Å². The van der Waals surface area contributed by atoms with Gasteiger partial charge < -0.3 is 4.90 Å². The zero-order valence-electron chi connectivity index (χ0n) is 10.5. The number of hydrogen-bond donors (Lipinski definition) is 0. The van der Waals surface area contributed by atoms with Gasteiger partial charge in [-0.25, -0.2) is 0 Å². The summed E-state index contributed by atoms with van der Waals surface area (Å²) in [6, 6.07) is 0.549. The van der Waals surface area contributed by atoms with E-state index in [0.29, 0.717) is 11.9 Å². The number of piperidine rings is 1. The molecule has 0 aromatic rings. The number of nitrogens with zero attached hydrogens (tertiary/aromatic N) is 1. The van der Waals surface area contributed by atoms with Gasteiger partial charge in [-0.15, -0.1) is 11.8 Å². The molecule has 16 heavy (non-hydrogen) atoms. The molecule has 0 aromatic heterocycles.